The molecule has 0 bridgehead atoms. The molecule has 0 atom stereocenters. The molecule has 0 saturated carbocycles. The first-order chi connectivity index (χ1) is 9.81. The molecule has 0 saturated heterocycles. The second-order valence-electron chi connectivity index (χ2n) is 5.83. The van der Waals surface area contributed by atoms with Crippen molar-refractivity contribution in [2.75, 3.05) is 5.73 Å². The molecule has 0 aliphatic rings. The van der Waals surface area contributed by atoms with E-state index >= 15 is 0 Å². The first kappa shape index (κ1) is 15.8. The van der Waals surface area contributed by atoms with Gasteiger partial charge in [0.15, 0.2) is 0 Å². The van der Waals surface area contributed by atoms with E-state index in [-0.39, 0.29) is 11.4 Å². The zero-order valence-corrected chi connectivity index (χ0v) is 14.1. The van der Waals surface area contributed by atoms with Crippen LogP contribution in [-0.4, -0.2) is 16.4 Å². The van der Waals surface area contributed by atoms with Crippen LogP contribution >= 0.6 is 11.3 Å². The quantitative estimate of drug-likeness (QED) is 0.902. The summed E-state index contributed by atoms with van der Waals surface area (Å²) in [5.74, 6) is -0.0984. The summed E-state index contributed by atoms with van der Waals surface area (Å²) in [7, 11) is 0. The third-order valence-electron chi connectivity index (χ3n) is 4.21. The Morgan fingerprint density at radius 1 is 1.38 bits per heavy atom. The second-order valence-corrected chi connectivity index (χ2v) is 6.83. The van der Waals surface area contributed by atoms with Crippen molar-refractivity contribution in [2.45, 2.75) is 53.0 Å². The van der Waals surface area contributed by atoms with Gasteiger partial charge in [0.25, 0.3) is 5.91 Å². The molecular formula is C16H23N3OS. The van der Waals surface area contributed by atoms with Crippen molar-refractivity contribution in [3.63, 3.8) is 0 Å². The minimum Gasteiger partial charge on any atom is -0.397 e. The van der Waals surface area contributed by atoms with E-state index in [2.05, 4.69) is 31.1 Å². The number of carbonyl (C=O) groups excluding carboxylic acids is 1. The van der Waals surface area contributed by atoms with E-state index in [1.807, 2.05) is 19.9 Å². The first-order valence-electron chi connectivity index (χ1n) is 7.30. The maximum absolute atomic E-state index is 12.6. The summed E-state index contributed by atoms with van der Waals surface area (Å²) in [4.78, 5) is 18.5. The van der Waals surface area contributed by atoms with Gasteiger partial charge < -0.3 is 11.1 Å². The molecule has 21 heavy (non-hydrogen) atoms. The fraction of sp³-hybridized carbons (Fsp3) is 0.500. The monoisotopic (exact) mass is 305 g/mol. The molecule has 3 N–H and O–H groups in total. The zero-order chi connectivity index (χ0) is 15.8. The predicted molar refractivity (Wildman–Crippen MR) is 90.0 cm³/mol. The summed E-state index contributed by atoms with van der Waals surface area (Å²) in [5, 5.41) is 4.02. The van der Waals surface area contributed by atoms with Crippen LogP contribution in [0.3, 0.4) is 0 Å². The van der Waals surface area contributed by atoms with Crippen LogP contribution < -0.4 is 11.1 Å². The van der Waals surface area contributed by atoms with Crippen LogP contribution in [0.25, 0.3) is 10.2 Å². The molecule has 0 unspecified atom stereocenters. The molecule has 0 spiro atoms. The highest BCUT2D eigenvalue weighted by molar-refractivity contribution is 7.21. The topological polar surface area (TPSA) is 68.0 Å². The number of thiophene rings is 1. The highest BCUT2D eigenvalue weighted by atomic mass is 32.1. The molecule has 0 aliphatic carbocycles. The number of fused-ring (bicyclic) bond motifs is 1. The molecule has 114 valence electrons. The lowest BCUT2D eigenvalue weighted by Gasteiger charge is -2.28. The molecule has 0 radical (unpaired) electrons. The van der Waals surface area contributed by atoms with Crippen molar-refractivity contribution < 1.29 is 4.79 Å². The number of amides is 1. The van der Waals surface area contributed by atoms with E-state index in [4.69, 9.17) is 5.73 Å². The third kappa shape index (κ3) is 2.88. The number of aromatic nitrogens is 1. The molecular weight excluding hydrogens is 282 g/mol. The van der Waals surface area contributed by atoms with Gasteiger partial charge in [0.1, 0.15) is 9.71 Å². The van der Waals surface area contributed by atoms with Crippen LogP contribution in [0.5, 0.6) is 0 Å². The van der Waals surface area contributed by atoms with Crippen LogP contribution in [0.2, 0.25) is 0 Å². The lowest BCUT2D eigenvalue weighted by molar-refractivity contribution is 0.0906. The van der Waals surface area contributed by atoms with E-state index < -0.39 is 0 Å². The number of anilines is 1. The molecule has 2 rings (SSSR count). The van der Waals surface area contributed by atoms with Gasteiger partial charge in [-0.15, -0.1) is 11.3 Å². The van der Waals surface area contributed by atoms with Gasteiger partial charge in [-0.25, -0.2) is 4.98 Å². The Labute approximate surface area is 129 Å². The van der Waals surface area contributed by atoms with Gasteiger partial charge in [-0.1, -0.05) is 13.8 Å². The molecule has 0 fully saturated rings. The van der Waals surface area contributed by atoms with Gasteiger partial charge in [0, 0.05) is 16.6 Å². The maximum atomic E-state index is 12.6. The van der Waals surface area contributed by atoms with E-state index in [0.29, 0.717) is 10.6 Å². The second kappa shape index (κ2) is 5.64. The average Bonchev–Trinajstić information content (AvgIpc) is 2.75. The van der Waals surface area contributed by atoms with E-state index in [9.17, 15) is 4.79 Å². The highest BCUT2D eigenvalue weighted by Crippen LogP contribution is 2.35. The van der Waals surface area contributed by atoms with Crippen molar-refractivity contribution in [1.29, 1.82) is 0 Å². The number of hydrogen-bond donors (Lipinski definition) is 2. The van der Waals surface area contributed by atoms with Gasteiger partial charge in [-0.05, 0) is 45.2 Å². The molecule has 4 nitrogen and oxygen atoms in total. The lowest BCUT2D eigenvalue weighted by atomic mass is 9.95. The van der Waals surface area contributed by atoms with Gasteiger partial charge in [0.05, 0.1) is 5.69 Å². The standard InChI is InChI=1S/C16H23N3OS/c1-6-16(5,7-2)19-14(20)13-12(17)11-9(3)8-10(4)18-15(11)21-13/h8H,6-7,17H2,1-5H3,(H,19,20). The summed E-state index contributed by atoms with van der Waals surface area (Å²) < 4.78 is 0. The number of hydrogen-bond acceptors (Lipinski definition) is 4. The average molecular weight is 305 g/mol. The third-order valence-corrected chi connectivity index (χ3v) is 5.30. The van der Waals surface area contributed by atoms with Crippen LogP contribution in [0.1, 0.15) is 54.5 Å². The van der Waals surface area contributed by atoms with Gasteiger partial charge >= 0.3 is 0 Å². The Balaban J connectivity index is 2.45. The van der Waals surface area contributed by atoms with Crippen LogP contribution in [0.15, 0.2) is 6.07 Å². The Bertz CT molecular complexity index is 686. The molecule has 0 aliphatic heterocycles. The fourth-order valence-electron chi connectivity index (χ4n) is 2.40. The highest BCUT2D eigenvalue weighted by Gasteiger charge is 2.26. The molecule has 1 amide bonds. The number of nitrogens with one attached hydrogen (secondary N) is 1. The Morgan fingerprint density at radius 2 is 2.00 bits per heavy atom. The largest absolute Gasteiger partial charge is 0.397 e. The fourth-order valence-corrected chi connectivity index (χ4v) is 3.51. The summed E-state index contributed by atoms with van der Waals surface area (Å²) >= 11 is 1.37. The van der Waals surface area contributed by atoms with E-state index in [0.717, 1.165) is 34.3 Å². The molecule has 2 aromatic heterocycles. The molecule has 5 heteroatoms. The van der Waals surface area contributed by atoms with Gasteiger partial charge in [0.2, 0.25) is 0 Å². The summed E-state index contributed by atoms with van der Waals surface area (Å²) in [6.45, 7) is 10.2. The van der Waals surface area contributed by atoms with E-state index in [1.54, 1.807) is 0 Å². The SMILES string of the molecule is CCC(C)(CC)NC(=O)c1sc2nc(C)cc(C)c2c1N. The van der Waals surface area contributed by atoms with E-state index in [1.165, 1.54) is 11.3 Å². The normalized spacial score (nSPS) is 11.9. The Kier molecular flexibility index (Phi) is 4.23. The van der Waals surface area contributed by atoms with Crippen molar-refractivity contribution in [1.82, 2.24) is 10.3 Å². The van der Waals surface area contributed by atoms with Crippen LogP contribution in [-0.2, 0) is 0 Å². The summed E-state index contributed by atoms with van der Waals surface area (Å²) in [6, 6.07) is 2.00. The summed E-state index contributed by atoms with van der Waals surface area (Å²) in [5.41, 5.74) is 8.57. The van der Waals surface area contributed by atoms with Gasteiger partial charge in [-0.3, -0.25) is 4.79 Å². The molecule has 2 aromatic rings. The van der Waals surface area contributed by atoms with Crippen LogP contribution in [0.4, 0.5) is 5.69 Å². The Hall–Kier alpha value is -1.62. The van der Waals surface area contributed by atoms with Gasteiger partial charge in [-0.2, -0.15) is 0 Å². The maximum Gasteiger partial charge on any atom is 0.263 e. The number of aryl methyl sites for hydroxylation is 2. The number of rotatable bonds is 4. The summed E-state index contributed by atoms with van der Waals surface area (Å²) in [6.07, 6.45) is 1.77. The first-order valence-corrected chi connectivity index (χ1v) is 8.11. The number of nitrogens with two attached hydrogens (primary N) is 1. The smallest absolute Gasteiger partial charge is 0.263 e. The molecule has 2 heterocycles. The number of nitrogen functional groups attached to an aromatic ring is 1. The predicted octanol–water partition coefficient (Wildman–Crippen LogP) is 3.80. The number of carbonyl (C=O) groups is 1. The Morgan fingerprint density at radius 3 is 2.57 bits per heavy atom. The molecule has 0 aromatic carbocycles. The van der Waals surface area contributed by atoms with Crippen molar-refractivity contribution in [2.24, 2.45) is 0 Å². The number of pyridine rings is 1. The minimum atomic E-state index is -0.196. The van der Waals surface area contributed by atoms with Crippen molar-refractivity contribution in [3.8, 4) is 0 Å². The zero-order valence-electron chi connectivity index (χ0n) is 13.3. The lowest BCUT2D eigenvalue weighted by Crippen LogP contribution is -2.44. The minimum absolute atomic E-state index is 0.0984. The van der Waals surface area contributed by atoms with Crippen LogP contribution in [0, 0.1) is 13.8 Å². The van der Waals surface area contributed by atoms with Crippen molar-refractivity contribution >= 4 is 33.1 Å². The number of nitrogens with zero attached hydrogens (tertiary/aromatic N) is 1. The van der Waals surface area contributed by atoms with Crippen molar-refractivity contribution in [3.05, 3.63) is 22.2 Å².